The van der Waals surface area contributed by atoms with Crippen LogP contribution in [0.15, 0.2) is 53.3 Å². The van der Waals surface area contributed by atoms with Crippen LogP contribution in [0.4, 0.5) is 0 Å². The molecule has 34 heavy (non-hydrogen) atoms. The molecule has 0 aliphatic carbocycles. The fourth-order valence-electron chi connectivity index (χ4n) is 4.73. The predicted molar refractivity (Wildman–Crippen MR) is 136 cm³/mol. The minimum absolute atomic E-state index is 0.172. The molecule has 0 saturated carbocycles. The first-order valence-corrected chi connectivity index (χ1v) is 11.9. The molecule has 180 valence electrons. The van der Waals surface area contributed by atoms with Gasteiger partial charge in [-0.3, -0.25) is 9.59 Å². The minimum Gasteiger partial charge on any atom is -0.497 e. The number of pyridine rings is 1. The first kappa shape index (κ1) is 24.0. The Balaban J connectivity index is 1.40. The molecular formula is C27H34N4O3. The normalized spacial score (nSPS) is 14.9. The first-order valence-electron chi connectivity index (χ1n) is 11.9. The number of rotatable bonds is 8. The molecule has 4 rings (SSSR count). The van der Waals surface area contributed by atoms with Crippen molar-refractivity contribution in [1.29, 1.82) is 0 Å². The number of amides is 1. The third-order valence-corrected chi connectivity index (χ3v) is 6.70. The van der Waals surface area contributed by atoms with Crippen LogP contribution in [0.3, 0.4) is 0 Å². The number of aromatic nitrogens is 1. The van der Waals surface area contributed by atoms with E-state index >= 15 is 0 Å². The third kappa shape index (κ3) is 5.48. The standard InChI is InChI=1S/C27H34N4O3/c1-19-5-4-6-20(15-19)18-29-21-9-11-30(12-10-21)13-14-31-25-16-22(34-3)7-8-23(25)24(17-26(31)32)27(33)28-2/h4-8,15-17,21,29H,9-14,18H2,1-3H3,(H,28,33). The van der Waals surface area contributed by atoms with Crippen molar-refractivity contribution in [3.8, 4) is 5.75 Å². The summed E-state index contributed by atoms with van der Waals surface area (Å²) in [5.41, 5.74) is 3.55. The molecule has 7 nitrogen and oxygen atoms in total. The molecule has 0 radical (unpaired) electrons. The molecule has 1 aromatic heterocycles. The average Bonchev–Trinajstić information content (AvgIpc) is 2.86. The van der Waals surface area contributed by atoms with Crippen molar-refractivity contribution in [1.82, 2.24) is 20.1 Å². The number of aryl methyl sites for hydroxylation is 1. The number of likely N-dealkylation sites (tertiary alicyclic amines) is 1. The Hall–Kier alpha value is -3.16. The van der Waals surface area contributed by atoms with Gasteiger partial charge < -0.3 is 24.8 Å². The summed E-state index contributed by atoms with van der Waals surface area (Å²) < 4.78 is 7.13. The summed E-state index contributed by atoms with van der Waals surface area (Å²) in [7, 11) is 3.17. The first-order chi connectivity index (χ1) is 16.5. The zero-order valence-corrected chi connectivity index (χ0v) is 20.3. The molecule has 1 saturated heterocycles. The number of piperidine rings is 1. The van der Waals surface area contributed by atoms with E-state index in [1.165, 1.54) is 17.2 Å². The van der Waals surface area contributed by atoms with Crippen molar-refractivity contribution in [3.05, 3.63) is 75.6 Å². The molecule has 3 aromatic rings. The topological polar surface area (TPSA) is 75.6 Å². The van der Waals surface area contributed by atoms with Crippen LogP contribution in [0.25, 0.3) is 10.9 Å². The highest BCUT2D eigenvalue weighted by atomic mass is 16.5. The number of ether oxygens (including phenoxy) is 1. The second-order valence-corrected chi connectivity index (χ2v) is 9.00. The molecule has 1 aliphatic heterocycles. The number of nitrogens with zero attached hydrogens (tertiary/aromatic N) is 2. The van der Waals surface area contributed by atoms with Crippen LogP contribution in [0.2, 0.25) is 0 Å². The number of benzene rings is 2. The van der Waals surface area contributed by atoms with Gasteiger partial charge in [-0.05, 0) is 50.6 Å². The summed E-state index contributed by atoms with van der Waals surface area (Å²) in [4.78, 5) is 27.7. The second kappa shape index (κ2) is 10.8. The maximum atomic E-state index is 13.0. The van der Waals surface area contributed by atoms with Crippen LogP contribution >= 0.6 is 0 Å². The Kier molecular flexibility index (Phi) is 7.65. The average molecular weight is 463 g/mol. The lowest BCUT2D eigenvalue weighted by Crippen LogP contribution is -2.43. The van der Waals surface area contributed by atoms with Crippen LogP contribution in [-0.2, 0) is 13.1 Å². The highest BCUT2D eigenvalue weighted by Gasteiger charge is 2.20. The smallest absolute Gasteiger partial charge is 0.251 e. The second-order valence-electron chi connectivity index (χ2n) is 9.00. The van der Waals surface area contributed by atoms with E-state index in [9.17, 15) is 9.59 Å². The number of fused-ring (bicyclic) bond motifs is 1. The molecule has 0 unspecified atom stereocenters. The van der Waals surface area contributed by atoms with Gasteiger partial charge in [0.25, 0.3) is 11.5 Å². The van der Waals surface area contributed by atoms with E-state index in [0.29, 0.717) is 23.9 Å². The summed E-state index contributed by atoms with van der Waals surface area (Å²) in [5, 5.41) is 7.07. The number of nitrogens with one attached hydrogen (secondary N) is 2. The lowest BCUT2D eigenvalue weighted by atomic mass is 10.0. The summed E-state index contributed by atoms with van der Waals surface area (Å²) in [6.07, 6.45) is 2.18. The van der Waals surface area contributed by atoms with Gasteiger partial charge in [0.05, 0.1) is 18.2 Å². The van der Waals surface area contributed by atoms with Crippen LogP contribution in [-0.4, -0.2) is 55.2 Å². The minimum atomic E-state index is -0.264. The van der Waals surface area contributed by atoms with Crippen molar-refractivity contribution < 1.29 is 9.53 Å². The number of carbonyl (C=O) groups excluding carboxylic acids is 1. The summed E-state index contributed by atoms with van der Waals surface area (Å²) in [6, 6.07) is 16.1. The van der Waals surface area contributed by atoms with Crippen LogP contribution in [0, 0.1) is 6.92 Å². The lowest BCUT2D eigenvalue weighted by Gasteiger charge is -2.32. The Labute approximate surface area is 200 Å². The number of hydrogen-bond acceptors (Lipinski definition) is 5. The van der Waals surface area contributed by atoms with Crippen molar-refractivity contribution >= 4 is 16.8 Å². The Morgan fingerprint density at radius 2 is 1.88 bits per heavy atom. The third-order valence-electron chi connectivity index (χ3n) is 6.70. The van der Waals surface area contributed by atoms with E-state index in [0.717, 1.165) is 49.9 Å². The Bertz CT molecular complexity index is 1210. The molecule has 2 N–H and O–H groups in total. The molecule has 2 heterocycles. The lowest BCUT2D eigenvalue weighted by molar-refractivity contribution is 0.0964. The van der Waals surface area contributed by atoms with E-state index in [1.807, 2.05) is 18.2 Å². The van der Waals surface area contributed by atoms with Gasteiger partial charge in [-0.2, -0.15) is 0 Å². The van der Waals surface area contributed by atoms with Crippen LogP contribution in [0.5, 0.6) is 5.75 Å². The zero-order chi connectivity index (χ0) is 24.1. The molecule has 0 atom stereocenters. The highest BCUT2D eigenvalue weighted by Crippen LogP contribution is 2.23. The molecule has 1 fully saturated rings. The number of hydrogen-bond donors (Lipinski definition) is 2. The number of methoxy groups -OCH3 is 1. The molecule has 1 aliphatic rings. The van der Waals surface area contributed by atoms with E-state index in [-0.39, 0.29) is 11.5 Å². The molecular weight excluding hydrogens is 428 g/mol. The van der Waals surface area contributed by atoms with Gasteiger partial charge in [0.2, 0.25) is 0 Å². The molecule has 2 aromatic carbocycles. The van der Waals surface area contributed by atoms with Gasteiger partial charge in [-0.15, -0.1) is 0 Å². The largest absolute Gasteiger partial charge is 0.497 e. The Morgan fingerprint density at radius 3 is 2.59 bits per heavy atom. The molecule has 7 heteroatoms. The zero-order valence-electron chi connectivity index (χ0n) is 20.3. The predicted octanol–water partition coefficient (Wildman–Crippen LogP) is 2.93. The van der Waals surface area contributed by atoms with Gasteiger partial charge in [-0.25, -0.2) is 0 Å². The van der Waals surface area contributed by atoms with Gasteiger partial charge >= 0.3 is 0 Å². The van der Waals surface area contributed by atoms with Crippen molar-refractivity contribution in [2.75, 3.05) is 33.8 Å². The van der Waals surface area contributed by atoms with E-state index in [2.05, 4.69) is 46.7 Å². The quantitative estimate of drug-likeness (QED) is 0.538. The van der Waals surface area contributed by atoms with Crippen molar-refractivity contribution in [2.24, 2.45) is 0 Å². The monoisotopic (exact) mass is 462 g/mol. The van der Waals surface area contributed by atoms with Gasteiger partial charge in [-0.1, -0.05) is 29.8 Å². The number of carbonyl (C=O) groups is 1. The molecule has 0 bridgehead atoms. The fraction of sp³-hybridized carbons (Fsp3) is 0.407. The maximum absolute atomic E-state index is 13.0. The summed E-state index contributed by atoms with van der Waals surface area (Å²) in [5.74, 6) is 0.398. The highest BCUT2D eigenvalue weighted by molar-refractivity contribution is 6.06. The Morgan fingerprint density at radius 1 is 1.09 bits per heavy atom. The maximum Gasteiger partial charge on any atom is 0.251 e. The van der Waals surface area contributed by atoms with Gasteiger partial charge in [0.15, 0.2) is 0 Å². The molecule has 1 amide bonds. The summed E-state index contributed by atoms with van der Waals surface area (Å²) in [6.45, 7) is 6.37. The van der Waals surface area contributed by atoms with E-state index in [1.54, 1.807) is 18.7 Å². The SMILES string of the molecule is CNC(=O)c1cc(=O)n(CCN2CCC(NCc3cccc(C)c3)CC2)c2cc(OC)ccc12. The van der Waals surface area contributed by atoms with E-state index < -0.39 is 0 Å². The van der Waals surface area contributed by atoms with Crippen LogP contribution in [0.1, 0.15) is 34.3 Å². The summed E-state index contributed by atoms with van der Waals surface area (Å²) >= 11 is 0. The van der Waals surface area contributed by atoms with Gasteiger partial charge in [0, 0.05) is 50.2 Å². The van der Waals surface area contributed by atoms with Crippen molar-refractivity contribution in [3.63, 3.8) is 0 Å². The fourth-order valence-corrected chi connectivity index (χ4v) is 4.73. The van der Waals surface area contributed by atoms with Crippen LogP contribution < -0.4 is 20.9 Å². The van der Waals surface area contributed by atoms with Crippen molar-refractivity contribution in [2.45, 2.75) is 38.9 Å². The van der Waals surface area contributed by atoms with E-state index in [4.69, 9.17) is 4.74 Å². The van der Waals surface area contributed by atoms with Gasteiger partial charge in [0.1, 0.15) is 5.75 Å². The molecule has 0 spiro atoms.